The van der Waals surface area contributed by atoms with Gasteiger partial charge in [-0.3, -0.25) is 19.2 Å². The number of carbonyl (C=O) groups is 4. The smallest absolute Gasteiger partial charge is 0.292 e. The first-order valence-electron chi connectivity index (χ1n) is 19.1. The number of hydrogen-bond donors (Lipinski definition) is 4. The largest absolute Gasteiger partial charge is 0.471 e. The van der Waals surface area contributed by atoms with Crippen molar-refractivity contribution in [1.82, 2.24) is 40.4 Å². The van der Waals surface area contributed by atoms with Crippen LogP contribution in [0, 0.1) is 5.92 Å². The molecule has 1 aromatic carbocycles. The van der Waals surface area contributed by atoms with E-state index in [2.05, 4.69) is 98.0 Å². The molecule has 4 aromatic heterocycles. The van der Waals surface area contributed by atoms with Crippen LogP contribution in [0.1, 0.15) is 66.7 Å². The maximum Gasteiger partial charge on any atom is 0.292 e. The summed E-state index contributed by atoms with van der Waals surface area (Å²) in [6.45, 7) is 13.9. The van der Waals surface area contributed by atoms with Crippen LogP contribution in [-0.4, -0.2) is 107 Å². The summed E-state index contributed by atoms with van der Waals surface area (Å²) < 4.78 is 6.51. The maximum atomic E-state index is 11.9. The number of hydrogen-bond acceptors (Lipinski definition) is 10. The number of nitrogens with one attached hydrogen (secondary N) is 4. The monoisotopic (exact) mass is 806 g/mol. The molecule has 56 heavy (non-hydrogen) atoms. The van der Waals surface area contributed by atoms with E-state index >= 15 is 0 Å². The number of nitrogens with zero attached hydrogens (tertiary/aromatic N) is 4. The van der Waals surface area contributed by atoms with Crippen molar-refractivity contribution in [2.45, 2.75) is 72.8 Å². The molecule has 304 valence electrons. The lowest BCUT2D eigenvalue weighted by Crippen LogP contribution is -2.47. The molecule has 2 aliphatic rings. The number of likely N-dealkylation sites (N-methyl/N-ethyl adjacent to an activating group) is 1. The standard InChI is InChI=1S/C18H12N4S2.C10H20N2O.C8H14N2O2.C3H8.C2H4O2/c1-3-12(15-5-19-9-21-15)4-2-11(1)13-7-23-18-14(8-24-17(13)18)16-6-20-10-22-16;1-8(2)9(11-3)10(13)12-6-4-5-7-12;1-7(11)9-6-8(12)10-4-2-3-5-10;1-3-2;1-4-2-3/h1-10H,(H,19,21)(H,20,22);8-9,11H,4-7H2,1-3H3;2-6H2,1H3,(H,9,11);3H2,1-2H3;2H,1H3. The Kier molecular flexibility index (Phi) is 20.0. The van der Waals surface area contributed by atoms with Gasteiger partial charge in [0.1, 0.15) is 0 Å². The van der Waals surface area contributed by atoms with Gasteiger partial charge in [0.15, 0.2) is 0 Å². The molecule has 13 nitrogen and oxygen atoms in total. The molecule has 0 radical (unpaired) electrons. The van der Waals surface area contributed by atoms with Crippen LogP contribution in [0.3, 0.4) is 0 Å². The zero-order chi connectivity index (χ0) is 40.9. The number of aromatic nitrogens is 4. The van der Waals surface area contributed by atoms with E-state index in [0.717, 1.165) is 56.0 Å². The molecule has 5 aromatic rings. The summed E-state index contributed by atoms with van der Waals surface area (Å²) in [7, 11) is 3.17. The highest BCUT2D eigenvalue weighted by Crippen LogP contribution is 2.43. The summed E-state index contributed by atoms with van der Waals surface area (Å²) in [4.78, 5) is 60.9. The number of imidazole rings is 2. The van der Waals surface area contributed by atoms with Gasteiger partial charge in [0, 0.05) is 55.0 Å². The Labute approximate surface area is 338 Å². The highest BCUT2D eigenvalue weighted by molar-refractivity contribution is 7.27. The number of fused-ring (bicyclic) bond motifs is 1. The normalized spacial score (nSPS) is 13.6. The average Bonchev–Trinajstić information content (AvgIpc) is 4.05. The van der Waals surface area contributed by atoms with E-state index in [4.69, 9.17) is 4.79 Å². The third-order valence-corrected chi connectivity index (χ3v) is 10.9. The second kappa shape index (κ2) is 24.6. The minimum atomic E-state index is -0.150. The van der Waals surface area contributed by atoms with Crippen LogP contribution in [0.2, 0.25) is 0 Å². The predicted octanol–water partition coefficient (Wildman–Crippen LogP) is 7.21. The lowest BCUT2D eigenvalue weighted by molar-refractivity contribution is -0.133. The Bertz CT molecular complexity index is 1860. The summed E-state index contributed by atoms with van der Waals surface area (Å²) in [6, 6.07) is 8.62. The van der Waals surface area contributed by atoms with Crippen molar-refractivity contribution in [2.75, 3.05) is 46.9 Å². The van der Waals surface area contributed by atoms with E-state index in [1.54, 1.807) is 40.2 Å². The van der Waals surface area contributed by atoms with E-state index in [-0.39, 0.29) is 30.3 Å². The zero-order valence-electron chi connectivity index (χ0n) is 33.7. The summed E-state index contributed by atoms with van der Waals surface area (Å²) in [6.07, 6.45) is 12.9. The zero-order valence-corrected chi connectivity index (χ0v) is 35.4. The number of carbonyl (C=O) groups excluding carboxylic acids is 4. The van der Waals surface area contributed by atoms with Crippen molar-refractivity contribution in [3.8, 4) is 33.6 Å². The fourth-order valence-electron chi connectivity index (χ4n) is 6.01. The summed E-state index contributed by atoms with van der Waals surface area (Å²) in [5.74, 6) is 0.526. The van der Waals surface area contributed by atoms with Crippen LogP contribution in [0.5, 0.6) is 0 Å². The molecule has 0 saturated carbocycles. The number of H-pyrrole nitrogens is 2. The molecule has 1 unspecified atom stereocenters. The number of rotatable bonds is 9. The van der Waals surface area contributed by atoms with Crippen LogP contribution >= 0.6 is 22.7 Å². The molecule has 2 fully saturated rings. The molecule has 2 saturated heterocycles. The van der Waals surface area contributed by atoms with Gasteiger partial charge in [-0.05, 0) is 49.8 Å². The number of benzene rings is 1. The number of likely N-dealkylation sites (tertiary alicyclic amines) is 2. The molecule has 15 heteroatoms. The van der Waals surface area contributed by atoms with E-state index in [1.165, 1.54) is 59.4 Å². The van der Waals surface area contributed by atoms with Crippen LogP contribution in [-0.2, 0) is 23.9 Å². The third kappa shape index (κ3) is 13.7. The van der Waals surface area contributed by atoms with E-state index in [1.807, 2.05) is 24.3 Å². The molecule has 1 atom stereocenters. The topological polar surface area (TPSA) is 165 Å². The molecule has 6 heterocycles. The van der Waals surface area contributed by atoms with Gasteiger partial charge in [0.05, 0.1) is 65.5 Å². The second-order valence-electron chi connectivity index (χ2n) is 13.5. The van der Waals surface area contributed by atoms with Gasteiger partial charge in [-0.15, -0.1) is 22.7 Å². The average molecular weight is 807 g/mol. The minimum absolute atomic E-state index is 0.00176. The minimum Gasteiger partial charge on any atom is -0.471 e. The highest BCUT2D eigenvalue weighted by Gasteiger charge is 2.27. The molecule has 2 aliphatic heterocycles. The van der Waals surface area contributed by atoms with Crippen molar-refractivity contribution < 1.29 is 23.9 Å². The maximum absolute atomic E-state index is 11.9. The first-order valence-corrected chi connectivity index (χ1v) is 20.9. The molecular weight excluding hydrogens is 749 g/mol. The predicted molar refractivity (Wildman–Crippen MR) is 227 cm³/mol. The Morgan fingerprint density at radius 2 is 1.32 bits per heavy atom. The molecule has 3 amide bonds. The molecule has 7 rings (SSSR count). The van der Waals surface area contributed by atoms with Crippen LogP contribution in [0.25, 0.3) is 43.0 Å². The third-order valence-electron chi connectivity index (χ3n) is 8.78. The Morgan fingerprint density at radius 1 is 0.839 bits per heavy atom. The first kappa shape index (κ1) is 45.5. The Morgan fingerprint density at radius 3 is 1.79 bits per heavy atom. The lowest BCUT2D eigenvalue weighted by atomic mass is 10.0. The number of amides is 3. The van der Waals surface area contributed by atoms with Gasteiger partial charge in [-0.25, -0.2) is 9.97 Å². The fraction of sp³-hybridized carbons (Fsp3) is 0.463. The highest BCUT2D eigenvalue weighted by atomic mass is 32.1. The van der Waals surface area contributed by atoms with Gasteiger partial charge >= 0.3 is 0 Å². The molecule has 0 bridgehead atoms. The number of thiophene rings is 2. The van der Waals surface area contributed by atoms with Crippen molar-refractivity contribution in [1.29, 1.82) is 0 Å². The van der Waals surface area contributed by atoms with Crippen LogP contribution < -0.4 is 10.6 Å². The van der Waals surface area contributed by atoms with E-state index in [0.29, 0.717) is 12.4 Å². The van der Waals surface area contributed by atoms with Crippen molar-refractivity contribution in [3.63, 3.8) is 0 Å². The van der Waals surface area contributed by atoms with Crippen LogP contribution in [0.15, 0.2) is 60.1 Å². The molecular formula is C41H58N8O5S2. The second-order valence-corrected chi connectivity index (χ2v) is 15.3. The summed E-state index contributed by atoms with van der Waals surface area (Å²) >= 11 is 3.58. The quantitative estimate of drug-likeness (QED) is 0.114. The number of methoxy groups -OCH3 is 1. The van der Waals surface area contributed by atoms with Crippen molar-refractivity contribution in [2.24, 2.45) is 5.92 Å². The Balaban J connectivity index is 0.000000224. The number of ether oxygens (including phenoxy) is 1. The first-order chi connectivity index (χ1) is 27.1. The lowest BCUT2D eigenvalue weighted by Gasteiger charge is -2.25. The number of aromatic amines is 2. The SMILES string of the molecule is CC(=O)NCC(=O)N1CCCC1.CCC.CNC(C(=O)N1CCCC1)C(C)C.COC=O.c1ncc(-c2ccc(-c3csc4c(-c5cnc[nH]5)csc34)cc2)[nH]1. The van der Waals surface area contributed by atoms with E-state index < -0.39 is 0 Å². The summed E-state index contributed by atoms with van der Waals surface area (Å²) in [5, 5.41) is 10.0. The van der Waals surface area contributed by atoms with Gasteiger partial charge < -0.3 is 35.1 Å². The fourth-order valence-corrected chi connectivity index (χ4v) is 8.45. The van der Waals surface area contributed by atoms with Crippen LogP contribution in [0.4, 0.5) is 0 Å². The molecule has 4 N–H and O–H groups in total. The van der Waals surface area contributed by atoms with Gasteiger partial charge in [0.25, 0.3) is 6.47 Å². The van der Waals surface area contributed by atoms with Gasteiger partial charge in [0.2, 0.25) is 17.7 Å². The van der Waals surface area contributed by atoms with Crippen molar-refractivity contribution >= 4 is 56.3 Å². The molecule has 0 spiro atoms. The molecule has 0 aliphatic carbocycles. The van der Waals surface area contributed by atoms with Crippen molar-refractivity contribution in [3.05, 3.63) is 60.1 Å². The summed E-state index contributed by atoms with van der Waals surface area (Å²) in [5.41, 5.74) is 7.02. The van der Waals surface area contributed by atoms with E-state index in [9.17, 15) is 14.4 Å². The van der Waals surface area contributed by atoms with Gasteiger partial charge in [-0.1, -0.05) is 58.4 Å². The van der Waals surface area contributed by atoms with Gasteiger partial charge in [-0.2, -0.15) is 0 Å². The Hall–Kier alpha value is -4.86.